The summed E-state index contributed by atoms with van der Waals surface area (Å²) in [5.74, 6) is -0.855. The molecule has 0 saturated heterocycles. The summed E-state index contributed by atoms with van der Waals surface area (Å²) in [5.41, 5.74) is 6.82. The molecule has 18 heavy (non-hydrogen) atoms. The number of rotatable bonds is 8. The molecule has 0 radical (unpaired) electrons. The Morgan fingerprint density at radius 2 is 1.89 bits per heavy atom. The van der Waals surface area contributed by atoms with Gasteiger partial charge >= 0.3 is 5.97 Å². The summed E-state index contributed by atoms with van der Waals surface area (Å²) in [6.45, 7) is 4.08. The lowest BCUT2D eigenvalue weighted by atomic mass is 10.1. The first kappa shape index (κ1) is 17.1. The lowest BCUT2D eigenvalue weighted by Crippen LogP contribution is -2.14. The van der Waals surface area contributed by atoms with Crippen molar-refractivity contribution in [2.24, 2.45) is 5.73 Å². The second-order valence-corrected chi connectivity index (χ2v) is 5.72. The quantitative estimate of drug-likeness (QED) is 0.296. The molecule has 0 amide bonds. The fourth-order valence-corrected chi connectivity index (χ4v) is 1.81. The van der Waals surface area contributed by atoms with Crippen LogP contribution in [0, 0.1) is 0 Å². The third-order valence-electron chi connectivity index (χ3n) is 2.26. The van der Waals surface area contributed by atoms with E-state index in [1.165, 1.54) is 0 Å². The van der Waals surface area contributed by atoms with E-state index in [0.29, 0.717) is 25.0 Å². The van der Waals surface area contributed by atoms with E-state index in [1.54, 1.807) is 0 Å². The van der Waals surface area contributed by atoms with Crippen LogP contribution in [0.4, 0.5) is 0 Å². The van der Waals surface area contributed by atoms with Crippen molar-refractivity contribution in [2.45, 2.75) is 33.1 Å². The number of carbonyl (C=O) groups excluding carboxylic acids is 1. The molecule has 0 fully saturated rings. The lowest BCUT2D eigenvalue weighted by molar-refractivity contribution is -0.139. The summed E-state index contributed by atoms with van der Waals surface area (Å²) in [6.07, 6.45) is 1.33. The maximum atomic E-state index is 11.7. The van der Waals surface area contributed by atoms with Crippen LogP contribution in [0.25, 0.3) is 0 Å². The highest BCUT2D eigenvalue weighted by Gasteiger charge is 2.13. The Bertz CT molecular complexity index is 396. The average Bonchev–Trinajstić information content (AvgIpc) is 2.23. The van der Waals surface area contributed by atoms with Gasteiger partial charge in [0, 0.05) is 5.57 Å². The van der Waals surface area contributed by atoms with Gasteiger partial charge in [0.2, 0.25) is 0 Å². The Morgan fingerprint density at radius 3 is 2.33 bits per heavy atom. The van der Waals surface area contributed by atoms with Gasteiger partial charge in [0.05, 0.1) is 12.4 Å². The monoisotopic (exact) mass is 279 g/mol. The molecular formula is C11H21NO5S. The molecule has 0 spiro atoms. The Labute approximate surface area is 108 Å². The second-order valence-electron chi connectivity index (χ2n) is 4.15. The molecule has 0 aromatic carbocycles. The van der Waals surface area contributed by atoms with Crippen LogP contribution < -0.4 is 5.73 Å². The summed E-state index contributed by atoms with van der Waals surface area (Å²) in [6, 6.07) is 0. The van der Waals surface area contributed by atoms with E-state index in [4.69, 9.17) is 15.0 Å². The number of allylic oxidation sites excluding steroid dienone is 1. The van der Waals surface area contributed by atoms with Crippen molar-refractivity contribution in [1.29, 1.82) is 0 Å². The first-order valence-electron chi connectivity index (χ1n) is 5.76. The number of esters is 1. The number of hydrogen-bond acceptors (Lipinski definition) is 5. The molecule has 0 atom stereocenters. The topological polar surface area (TPSA) is 107 Å². The largest absolute Gasteiger partial charge is 0.462 e. The molecule has 0 bridgehead atoms. The molecule has 7 heteroatoms. The van der Waals surface area contributed by atoms with Crippen LogP contribution >= 0.6 is 0 Å². The molecule has 106 valence electrons. The fraction of sp³-hybridized carbons (Fsp3) is 0.727. The summed E-state index contributed by atoms with van der Waals surface area (Å²) >= 11 is 0. The molecule has 0 heterocycles. The molecule has 0 aromatic heterocycles. The molecular weight excluding hydrogens is 258 g/mol. The summed E-state index contributed by atoms with van der Waals surface area (Å²) < 4.78 is 34.4. The molecule has 0 aromatic rings. The van der Waals surface area contributed by atoms with E-state index in [2.05, 4.69) is 0 Å². The molecule has 0 aliphatic carbocycles. The van der Waals surface area contributed by atoms with Crippen molar-refractivity contribution in [3.63, 3.8) is 0 Å². The Hall–Kier alpha value is -0.920. The van der Waals surface area contributed by atoms with Crippen molar-refractivity contribution in [2.75, 3.05) is 18.9 Å². The van der Waals surface area contributed by atoms with Crippen LogP contribution in [0.15, 0.2) is 11.1 Å². The zero-order valence-electron chi connectivity index (χ0n) is 10.8. The van der Waals surface area contributed by atoms with Crippen molar-refractivity contribution in [3.05, 3.63) is 11.1 Å². The Balaban J connectivity index is 4.17. The maximum absolute atomic E-state index is 11.7. The molecule has 0 rings (SSSR count). The SMILES string of the molecule is CC(C)=C(CCCN)C(=O)OCCCS(=O)(=O)O. The Kier molecular flexibility index (Phi) is 7.81. The van der Waals surface area contributed by atoms with E-state index in [-0.39, 0.29) is 13.0 Å². The van der Waals surface area contributed by atoms with Crippen LogP contribution in [-0.2, 0) is 19.6 Å². The molecule has 0 unspecified atom stereocenters. The van der Waals surface area contributed by atoms with Crippen molar-refractivity contribution < 1.29 is 22.5 Å². The van der Waals surface area contributed by atoms with Gasteiger partial charge in [-0.05, 0) is 39.7 Å². The third-order valence-corrected chi connectivity index (χ3v) is 3.07. The van der Waals surface area contributed by atoms with Gasteiger partial charge in [-0.2, -0.15) is 8.42 Å². The van der Waals surface area contributed by atoms with E-state index < -0.39 is 21.8 Å². The number of carbonyl (C=O) groups is 1. The van der Waals surface area contributed by atoms with Gasteiger partial charge in [-0.25, -0.2) is 4.79 Å². The number of hydrogen-bond donors (Lipinski definition) is 2. The molecule has 6 nitrogen and oxygen atoms in total. The van der Waals surface area contributed by atoms with Crippen LogP contribution in [-0.4, -0.2) is 37.8 Å². The normalized spacial score (nSPS) is 11.1. The summed E-state index contributed by atoms with van der Waals surface area (Å²) in [5, 5.41) is 0. The van der Waals surface area contributed by atoms with Gasteiger partial charge in [-0.3, -0.25) is 4.55 Å². The summed E-state index contributed by atoms with van der Waals surface area (Å²) in [7, 11) is -3.99. The van der Waals surface area contributed by atoms with Crippen LogP contribution in [0.2, 0.25) is 0 Å². The highest BCUT2D eigenvalue weighted by atomic mass is 32.2. The smallest absolute Gasteiger partial charge is 0.333 e. The fourth-order valence-electron chi connectivity index (χ4n) is 1.33. The van der Waals surface area contributed by atoms with E-state index in [1.807, 2.05) is 13.8 Å². The van der Waals surface area contributed by atoms with Gasteiger partial charge < -0.3 is 10.5 Å². The Morgan fingerprint density at radius 1 is 1.28 bits per heavy atom. The molecule has 3 N–H and O–H groups in total. The second kappa shape index (κ2) is 8.23. The maximum Gasteiger partial charge on any atom is 0.333 e. The zero-order chi connectivity index (χ0) is 14.2. The highest BCUT2D eigenvalue weighted by Crippen LogP contribution is 2.12. The van der Waals surface area contributed by atoms with Gasteiger partial charge in [-0.1, -0.05) is 5.57 Å². The first-order chi connectivity index (χ1) is 8.28. The standard InChI is InChI=1S/C11H21NO5S/c1-9(2)10(5-3-6-12)11(13)17-7-4-8-18(14,15)16/h3-8,12H2,1-2H3,(H,14,15,16). The van der Waals surface area contributed by atoms with Crippen molar-refractivity contribution in [1.82, 2.24) is 0 Å². The minimum atomic E-state index is -3.99. The minimum Gasteiger partial charge on any atom is -0.462 e. The molecule has 0 aliphatic rings. The van der Waals surface area contributed by atoms with Crippen LogP contribution in [0.5, 0.6) is 0 Å². The van der Waals surface area contributed by atoms with Gasteiger partial charge in [0.15, 0.2) is 0 Å². The van der Waals surface area contributed by atoms with Gasteiger partial charge in [0.25, 0.3) is 10.1 Å². The predicted molar refractivity (Wildman–Crippen MR) is 68.7 cm³/mol. The zero-order valence-corrected chi connectivity index (χ0v) is 11.6. The lowest BCUT2D eigenvalue weighted by Gasteiger charge is -2.09. The van der Waals surface area contributed by atoms with E-state index in [0.717, 1.165) is 5.57 Å². The van der Waals surface area contributed by atoms with E-state index in [9.17, 15) is 13.2 Å². The van der Waals surface area contributed by atoms with Gasteiger partial charge in [-0.15, -0.1) is 0 Å². The third kappa shape index (κ3) is 8.21. The van der Waals surface area contributed by atoms with Crippen LogP contribution in [0.3, 0.4) is 0 Å². The molecule has 0 aliphatic heterocycles. The van der Waals surface area contributed by atoms with Crippen LogP contribution in [0.1, 0.15) is 33.1 Å². The van der Waals surface area contributed by atoms with Crippen molar-refractivity contribution in [3.8, 4) is 0 Å². The summed E-state index contributed by atoms with van der Waals surface area (Å²) in [4.78, 5) is 11.7. The van der Waals surface area contributed by atoms with Crippen molar-refractivity contribution >= 4 is 16.1 Å². The first-order valence-corrected chi connectivity index (χ1v) is 7.37. The number of ether oxygens (including phenoxy) is 1. The average molecular weight is 279 g/mol. The van der Waals surface area contributed by atoms with E-state index >= 15 is 0 Å². The predicted octanol–water partition coefficient (Wildman–Crippen LogP) is 0.883. The number of nitrogens with two attached hydrogens (primary N) is 1. The molecule has 0 saturated carbocycles. The highest BCUT2D eigenvalue weighted by molar-refractivity contribution is 7.85. The van der Waals surface area contributed by atoms with Gasteiger partial charge in [0.1, 0.15) is 0 Å². The minimum absolute atomic E-state index is 0.0297.